The van der Waals surface area contributed by atoms with Gasteiger partial charge in [0.1, 0.15) is 0 Å². The molecule has 11 rings (SSSR count). The quantitative estimate of drug-likeness (QED) is 0.185. The van der Waals surface area contributed by atoms with Crippen LogP contribution in [0.2, 0.25) is 0 Å². The fraction of sp³-hybridized carbons (Fsp3) is 0.0889. The molecule has 6 aromatic carbocycles. The molecule has 4 aliphatic rings. The van der Waals surface area contributed by atoms with E-state index in [1.165, 1.54) is 110 Å². The van der Waals surface area contributed by atoms with Crippen LogP contribution in [0.5, 0.6) is 0 Å². The zero-order valence-corrected chi connectivity index (χ0v) is 25.4. The topological polar surface area (TPSA) is 12.9 Å². The molecule has 0 fully saturated rings. The fourth-order valence-electron chi connectivity index (χ4n) is 9.13. The summed E-state index contributed by atoms with van der Waals surface area (Å²) in [5.74, 6) is 0. The second-order valence-corrected chi connectivity index (χ2v) is 13.2. The summed E-state index contributed by atoms with van der Waals surface area (Å²) >= 11 is 0. The monoisotopic (exact) mass is 583 g/mol. The number of aromatic nitrogens is 1. The molecule has 0 amide bonds. The molecule has 0 unspecified atom stereocenters. The van der Waals surface area contributed by atoms with Crippen LogP contribution >= 0.6 is 0 Å². The Morgan fingerprint density at radius 2 is 0.978 bits per heavy atom. The highest BCUT2D eigenvalue weighted by Gasteiger charge is 2.27. The summed E-state index contributed by atoms with van der Waals surface area (Å²) in [6.07, 6.45) is 22.2. The van der Waals surface area contributed by atoms with Crippen LogP contribution in [-0.4, -0.2) is 4.98 Å². The van der Waals surface area contributed by atoms with Crippen molar-refractivity contribution in [2.75, 3.05) is 0 Å². The third-order valence-electron chi connectivity index (χ3n) is 11.0. The summed E-state index contributed by atoms with van der Waals surface area (Å²) in [5, 5.41) is 10.7. The Morgan fingerprint density at radius 1 is 0.457 bits per heavy atom. The number of hydrogen-bond acceptors (Lipinski definition) is 1. The van der Waals surface area contributed by atoms with Crippen LogP contribution in [0.4, 0.5) is 0 Å². The van der Waals surface area contributed by atoms with Crippen molar-refractivity contribution in [2.24, 2.45) is 0 Å². The van der Waals surface area contributed by atoms with Gasteiger partial charge in [0.2, 0.25) is 0 Å². The van der Waals surface area contributed by atoms with E-state index in [1.54, 1.807) is 0 Å². The van der Waals surface area contributed by atoms with E-state index < -0.39 is 0 Å². The van der Waals surface area contributed by atoms with Crippen LogP contribution < -0.4 is 0 Å². The molecule has 0 radical (unpaired) electrons. The van der Waals surface area contributed by atoms with Crippen LogP contribution in [0, 0.1) is 0 Å². The van der Waals surface area contributed by atoms with E-state index >= 15 is 0 Å². The maximum Gasteiger partial charge on any atom is 0.0353 e. The number of benzene rings is 6. The van der Waals surface area contributed by atoms with Gasteiger partial charge in [-0.25, -0.2) is 0 Å². The second kappa shape index (κ2) is 9.02. The van der Waals surface area contributed by atoms with Gasteiger partial charge in [0.25, 0.3) is 0 Å². The van der Waals surface area contributed by atoms with E-state index in [-0.39, 0.29) is 0 Å². The number of nitrogens with zero attached hydrogens (tertiary/aromatic N) is 1. The van der Waals surface area contributed by atoms with Crippen molar-refractivity contribution in [3.63, 3.8) is 0 Å². The van der Waals surface area contributed by atoms with Crippen LogP contribution in [-0.2, 0) is 12.8 Å². The number of rotatable bonds is 2. The highest BCUT2D eigenvalue weighted by atomic mass is 14.6. The first-order valence-corrected chi connectivity index (χ1v) is 16.5. The van der Waals surface area contributed by atoms with Crippen molar-refractivity contribution in [1.29, 1.82) is 0 Å². The van der Waals surface area contributed by atoms with Crippen molar-refractivity contribution in [1.82, 2.24) is 4.98 Å². The molecule has 1 nitrogen and oxygen atoms in total. The number of pyridine rings is 1. The average molecular weight is 584 g/mol. The van der Waals surface area contributed by atoms with Crippen molar-refractivity contribution in [2.45, 2.75) is 25.7 Å². The molecule has 0 atom stereocenters. The lowest BCUT2D eigenvalue weighted by atomic mass is 9.76. The van der Waals surface area contributed by atoms with Gasteiger partial charge in [-0.2, -0.15) is 0 Å². The van der Waals surface area contributed by atoms with Gasteiger partial charge in [-0.05, 0) is 136 Å². The Kier molecular flexibility index (Phi) is 4.85. The molecule has 214 valence electrons. The molecule has 0 saturated carbocycles. The van der Waals surface area contributed by atoms with Gasteiger partial charge < -0.3 is 0 Å². The molecule has 0 spiro atoms. The predicted octanol–water partition coefficient (Wildman–Crippen LogP) is 11.7. The third-order valence-corrected chi connectivity index (χ3v) is 11.0. The Labute approximate surface area is 267 Å². The molecule has 0 saturated heterocycles. The van der Waals surface area contributed by atoms with Crippen LogP contribution in [0.1, 0.15) is 46.2 Å². The Balaban J connectivity index is 1.26. The standard InChI is InChI=1S/C45H29N/c1-2-10-33-32(9-1)44(36-21-17-30-13-11-26-5-3-7-28-15-19-34(36)42(30)40(26)28)38-23-24-46-25-39(38)45(33)37-22-18-31-14-12-27-6-4-8-29-16-20-35(37)43(31)41(27)29/h1-6,9-18,21-25H,7-8,19-20H2. The number of allylic oxidation sites excluding steroid dienone is 6. The SMILES string of the molecule is C1=Cc2ccc3ccc(-c4c5ccccc5c(-c5ccc6ccc7c8c6c5CC=C8CC=C7)c5cnccc45)c4c3c2C(=CC4)C1. The molecule has 7 aromatic rings. The summed E-state index contributed by atoms with van der Waals surface area (Å²) in [6, 6.07) is 30.0. The van der Waals surface area contributed by atoms with Crippen LogP contribution in [0.3, 0.4) is 0 Å². The van der Waals surface area contributed by atoms with E-state index in [9.17, 15) is 0 Å². The minimum absolute atomic E-state index is 0.952. The molecule has 1 heteroatoms. The molecule has 1 aromatic heterocycles. The van der Waals surface area contributed by atoms with Crippen molar-refractivity contribution >= 4 is 66.4 Å². The number of hydrogen-bond donors (Lipinski definition) is 0. The first kappa shape index (κ1) is 24.8. The summed E-state index contributed by atoms with van der Waals surface area (Å²) in [7, 11) is 0. The van der Waals surface area contributed by atoms with Gasteiger partial charge in [-0.3, -0.25) is 4.98 Å². The van der Waals surface area contributed by atoms with Crippen LogP contribution in [0.25, 0.3) is 88.6 Å². The fourth-order valence-corrected chi connectivity index (χ4v) is 9.13. The molecular formula is C45H29N. The highest BCUT2D eigenvalue weighted by Crippen LogP contribution is 2.50. The van der Waals surface area contributed by atoms with E-state index in [4.69, 9.17) is 4.98 Å². The summed E-state index contributed by atoms with van der Waals surface area (Å²) in [5.41, 5.74) is 16.7. The molecule has 0 bridgehead atoms. The summed E-state index contributed by atoms with van der Waals surface area (Å²) in [6.45, 7) is 0. The molecule has 0 N–H and O–H groups in total. The van der Waals surface area contributed by atoms with Crippen LogP contribution in [0.15, 0.2) is 116 Å². The van der Waals surface area contributed by atoms with Crippen molar-refractivity contribution < 1.29 is 0 Å². The van der Waals surface area contributed by atoms with Gasteiger partial charge in [-0.1, -0.05) is 109 Å². The van der Waals surface area contributed by atoms with E-state index in [0.29, 0.717) is 0 Å². The third kappa shape index (κ3) is 3.17. The molecule has 46 heavy (non-hydrogen) atoms. The molecule has 1 heterocycles. The van der Waals surface area contributed by atoms with E-state index in [2.05, 4.69) is 122 Å². The summed E-state index contributed by atoms with van der Waals surface area (Å²) in [4.78, 5) is 4.76. The lowest BCUT2D eigenvalue weighted by molar-refractivity contribution is 1.23. The Morgan fingerprint density at radius 3 is 1.57 bits per heavy atom. The maximum atomic E-state index is 4.76. The first-order chi connectivity index (χ1) is 22.8. The predicted molar refractivity (Wildman–Crippen MR) is 196 cm³/mol. The van der Waals surface area contributed by atoms with E-state index in [1.807, 2.05) is 6.20 Å². The number of fused-ring (bicyclic) bond motifs is 2. The largest absolute Gasteiger partial charge is 0.264 e. The van der Waals surface area contributed by atoms with Gasteiger partial charge in [-0.15, -0.1) is 0 Å². The van der Waals surface area contributed by atoms with Crippen molar-refractivity contribution in [3.8, 4) is 22.3 Å². The minimum Gasteiger partial charge on any atom is -0.264 e. The van der Waals surface area contributed by atoms with Gasteiger partial charge >= 0.3 is 0 Å². The normalized spacial score (nSPS) is 15.6. The first-order valence-electron chi connectivity index (χ1n) is 16.5. The lowest BCUT2D eigenvalue weighted by Crippen LogP contribution is -2.06. The maximum absolute atomic E-state index is 4.76. The highest BCUT2D eigenvalue weighted by molar-refractivity contribution is 6.23. The lowest BCUT2D eigenvalue weighted by Gasteiger charge is -2.27. The zero-order chi connectivity index (χ0) is 29.9. The second-order valence-electron chi connectivity index (χ2n) is 13.2. The van der Waals surface area contributed by atoms with Gasteiger partial charge in [0.05, 0.1) is 0 Å². The molecule has 0 aliphatic heterocycles. The Hall–Kier alpha value is -5.53. The Bertz CT molecular complexity index is 2430. The molecular weight excluding hydrogens is 555 g/mol. The zero-order valence-electron chi connectivity index (χ0n) is 25.4. The van der Waals surface area contributed by atoms with Gasteiger partial charge in [0, 0.05) is 17.8 Å². The minimum atomic E-state index is 0.952. The molecule has 4 aliphatic carbocycles. The van der Waals surface area contributed by atoms with E-state index in [0.717, 1.165) is 25.7 Å². The van der Waals surface area contributed by atoms with Crippen molar-refractivity contribution in [3.05, 3.63) is 149 Å². The average Bonchev–Trinajstić information content (AvgIpc) is 3.12. The van der Waals surface area contributed by atoms with Gasteiger partial charge in [0.15, 0.2) is 0 Å². The summed E-state index contributed by atoms with van der Waals surface area (Å²) < 4.78 is 0. The smallest absolute Gasteiger partial charge is 0.0353 e.